The number of amides is 1. The molecule has 0 fully saturated rings. The van der Waals surface area contributed by atoms with Crippen LogP contribution in [0.2, 0.25) is 10.0 Å². The molecule has 0 unspecified atom stereocenters. The Morgan fingerprint density at radius 2 is 1.96 bits per heavy atom. The van der Waals surface area contributed by atoms with Crippen LogP contribution in [0.15, 0.2) is 36.4 Å². The lowest BCUT2D eigenvalue weighted by Gasteiger charge is -2.27. The van der Waals surface area contributed by atoms with Gasteiger partial charge in [-0.2, -0.15) is 0 Å². The Balaban J connectivity index is 1.67. The van der Waals surface area contributed by atoms with Gasteiger partial charge in [-0.25, -0.2) is 4.39 Å². The molecule has 0 saturated heterocycles. The van der Waals surface area contributed by atoms with Crippen LogP contribution in [0, 0.1) is 5.82 Å². The summed E-state index contributed by atoms with van der Waals surface area (Å²) in [6, 6.07) is 9.58. The minimum absolute atomic E-state index is 0.0873. The first-order chi connectivity index (χ1) is 11.5. The van der Waals surface area contributed by atoms with E-state index in [2.05, 4.69) is 4.98 Å². The molecule has 1 aromatic heterocycles. The zero-order valence-electron chi connectivity index (χ0n) is 12.6. The molecule has 0 aliphatic carbocycles. The van der Waals surface area contributed by atoms with E-state index in [1.54, 1.807) is 29.2 Å². The highest BCUT2D eigenvalue weighted by Gasteiger charge is 2.25. The summed E-state index contributed by atoms with van der Waals surface area (Å²) in [6.45, 7) is 1.08. The van der Waals surface area contributed by atoms with E-state index in [-0.39, 0.29) is 11.7 Å². The van der Waals surface area contributed by atoms with Crippen molar-refractivity contribution in [1.82, 2.24) is 9.88 Å². The molecule has 3 nitrogen and oxygen atoms in total. The fourth-order valence-electron chi connectivity index (χ4n) is 3.18. The molecule has 0 atom stereocenters. The number of hydrogen-bond donors (Lipinski definition) is 1. The number of hydrogen-bond acceptors (Lipinski definition) is 1. The van der Waals surface area contributed by atoms with Crippen molar-refractivity contribution in [2.75, 3.05) is 6.54 Å². The Bertz CT molecular complexity index is 967. The minimum Gasteiger partial charge on any atom is -0.358 e. The van der Waals surface area contributed by atoms with E-state index in [1.807, 2.05) is 0 Å². The van der Waals surface area contributed by atoms with Crippen molar-refractivity contribution in [3.8, 4) is 0 Å². The van der Waals surface area contributed by atoms with Gasteiger partial charge in [0.15, 0.2) is 0 Å². The molecule has 0 radical (unpaired) electrons. The molecule has 2 heterocycles. The third-order valence-corrected chi connectivity index (χ3v) is 5.13. The number of rotatable bonds is 1. The molecule has 0 saturated carbocycles. The molecule has 1 N–H and O–H groups in total. The Labute approximate surface area is 148 Å². The molecule has 122 valence electrons. The average Bonchev–Trinajstić information content (AvgIpc) is 2.93. The van der Waals surface area contributed by atoms with Crippen molar-refractivity contribution in [3.63, 3.8) is 0 Å². The lowest BCUT2D eigenvalue weighted by Crippen LogP contribution is -2.35. The van der Waals surface area contributed by atoms with Crippen LogP contribution in [0.1, 0.15) is 21.6 Å². The maximum absolute atomic E-state index is 13.4. The maximum Gasteiger partial charge on any atom is 0.254 e. The third kappa shape index (κ3) is 2.56. The van der Waals surface area contributed by atoms with Crippen LogP contribution < -0.4 is 0 Å². The molecular formula is C18H13Cl2FN2O. The highest BCUT2D eigenvalue weighted by Crippen LogP contribution is 2.30. The topological polar surface area (TPSA) is 36.1 Å². The Morgan fingerprint density at radius 3 is 2.75 bits per heavy atom. The van der Waals surface area contributed by atoms with E-state index in [0.717, 1.165) is 22.2 Å². The highest BCUT2D eigenvalue weighted by molar-refractivity contribution is 6.42. The van der Waals surface area contributed by atoms with Gasteiger partial charge in [0.05, 0.1) is 10.0 Å². The van der Waals surface area contributed by atoms with Crippen molar-refractivity contribution in [2.24, 2.45) is 0 Å². The standard InChI is InChI=1S/C18H13Cl2FN2O/c19-14-4-1-10(7-15(14)20)18(24)23-6-5-16-13(9-23)12-3-2-11(21)8-17(12)22-16/h1-4,7-8,22H,5-6,9H2. The summed E-state index contributed by atoms with van der Waals surface area (Å²) < 4.78 is 13.4. The fourth-order valence-corrected chi connectivity index (χ4v) is 3.48. The first kappa shape index (κ1) is 15.5. The summed E-state index contributed by atoms with van der Waals surface area (Å²) in [5, 5.41) is 1.74. The lowest BCUT2D eigenvalue weighted by atomic mass is 10.0. The van der Waals surface area contributed by atoms with Crippen molar-refractivity contribution in [1.29, 1.82) is 0 Å². The van der Waals surface area contributed by atoms with Gasteiger partial charge in [-0.3, -0.25) is 4.79 Å². The molecular weight excluding hydrogens is 350 g/mol. The smallest absolute Gasteiger partial charge is 0.254 e. The number of carbonyl (C=O) groups excluding carboxylic acids is 1. The van der Waals surface area contributed by atoms with E-state index < -0.39 is 0 Å². The monoisotopic (exact) mass is 362 g/mol. The van der Waals surface area contributed by atoms with Crippen molar-refractivity contribution < 1.29 is 9.18 Å². The zero-order valence-corrected chi connectivity index (χ0v) is 14.1. The lowest BCUT2D eigenvalue weighted by molar-refractivity contribution is 0.0735. The van der Waals surface area contributed by atoms with Crippen LogP contribution >= 0.6 is 23.2 Å². The van der Waals surface area contributed by atoms with Gasteiger partial charge in [-0.15, -0.1) is 0 Å². The van der Waals surface area contributed by atoms with Crippen LogP contribution in [0.5, 0.6) is 0 Å². The molecule has 3 aromatic rings. The molecule has 0 bridgehead atoms. The van der Waals surface area contributed by atoms with Crippen LogP contribution in [0.4, 0.5) is 4.39 Å². The molecule has 0 spiro atoms. The van der Waals surface area contributed by atoms with Gasteiger partial charge in [0.1, 0.15) is 5.82 Å². The maximum atomic E-state index is 13.4. The summed E-state index contributed by atoms with van der Waals surface area (Å²) in [5.41, 5.74) is 3.39. The van der Waals surface area contributed by atoms with Gasteiger partial charge in [0, 0.05) is 47.2 Å². The molecule has 4 rings (SSSR count). The summed E-state index contributed by atoms with van der Waals surface area (Å²) in [5.74, 6) is -0.361. The summed E-state index contributed by atoms with van der Waals surface area (Å²) >= 11 is 11.9. The van der Waals surface area contributed by atoms with Crippen molar-refractivity contribution >= 4 is 40.0 Å². The fraction of sp³-hybridized carbons (Fsp3) is 0.167. The van der Waals surface area contributed by atoms with E-state index >= 15 is 0 Å². The molecule has 1 amide bonds. The van der Waals surface area contributed by atoms with Crippen LogP contribution in [-0.4, -0.2) is 22.3 Å². The van der Waals surface area contributed by atoms with Crippen molar-refractivity contribution in [3.05, 3.63) is 69.1 Å². The molecule has 6 heteroatoms. The number of aromatic amines is 1. The van der Waals surface area contributed by atoms with E-state index in [1.165, 1.54) is 12.1 Å². The Hall–Kier alpha value is -2.04. The molecule has 1 aliphatic rings. The van der Waals surface area contributed by atoms with E-state index in [9.17, 15) is 9.18 Å². The zero-order chi connectivity index (χ0) is 16.8. The van der Waals surface area contributed by atoms with Gasteiger partial charge in [0.25, 0.3) is 5.91 Å². The van der Waals surface area contributed by atoms with Gasteiger partial charge in [0.2, 0.25) is 0 Å². The number of nitrogens with zero attached hydrogens (tertiary/aromatic N) is 1. The minimum atomic E-state index is -0.273. The SMILES string of the molecule is O=C(c1ccc(Cl)c(Cl)c1)N1CCc2[nH]c3cc(F)ccc3c2C1. The van der Waals surface area contributed by atoms with Gasteiger partial charge >= 0.3 is 0 Å². The summed E-state index contributed by atoms with van der Waals surface area (Å²) in [7, 11) is 0. The first-order valence-electron chi connectivity index (χ1n) is 7.56. The quantitative estimate of drug-likeness (QED) is 0.662. The molecule has 2 aromatic carbocycles. The largest absolute Gasteiger partial charge is 0.358 e. The number of carbonyl (C=O) groups is 1. The predicted octanol–water partition coefficient (Wildman–Crippen LogP) is 4.81. The second-order valence-electron chi connectivity index (χ2n) is 5.88. The van der Waals surface area contributed by atoms with E-state index in [0.29, 0.717) is 35.1 Å². The normalized spacial score (nSPS) is 14.0. The Morgan fingerprint density at radius 1 is 1.12 bits per heavy atom. The van der Waals surface area contributed by atoms with Crippen LogP contribution in [-0.2, 0) is 13.0 Å². The number of nitrogens with one attached hydrogen (secondary N) is 1. The average molecular weight is 363 g/mol. The number of benzene rings is 2. The first-order valence-corrected chi connectivity index (χ1v) is 8.32. The van der Waals surface area contributed by atoms with Gasteiger partial charge in [-0.1, -0.05) is 23.2 Å². The van der Waals surface area contributed by atoms with Crippen molar-refractivity contribution in [2.45, 2.75) is 13.0 Å². The van der Waals surface area contributed by atoms with Gasteiger partial charge < -0.3 is 9.88 Å². The highest BCUT2D eigenvalue weighted by atomic mass is 35.5. The number of fused-ring (bicyclic) bond motifs is 3. The van der Waals surface area contributed by atoms with E-state index in [4.69, 9.17) is 23.2 Å². The second-order valence-corrected chi connectivity index (χ2v) is 6.69. The summed E-state index contributed by atoms with van der Waals surface area (Å²) in [4.78, 5) is 17.8. The third-order valence-electron chi connectivity index (χ3n) is 4.39. The predicted molar refractivity (Wildman–Crippen MR) is 93.2 cm³/mol. The summed E-state index contributed by atoms with van der Waals surface area (Å²) in [6.07, 6.45) is 0.707. The van der Waals surface area contributed by atoms with Crippen LogP contribution in [0.25, 0.3) is 10.9 Å². The number of halogens is 3. The molecule has 24 heavy (non-hydrogen) atoms. The van der Waals surface area contributed by atoms with Crippen LogP contribution in [0.3, 0.4) is 0 Å². The molecule has 1 aliphatic heterocycles. The number of aromatic nitrogens is 1. The second kappa shape index (κ2) is 5.80. The number of H-pyrrole nitrogens is 1. The van der Waals surface area contributed by atoms with Gasteiger partial charge in [-0.05, 0) is 36.4 Å². The Kier molecular flexibility index (Phi) is 3.74.